The molecule has 24 heavy (non-hydrogen) atoms. The number of piperidine rings is 1. The lowest BCUT2D eigenvalue weighted by atomic mass is 9.99. The van der Waals surface area contributed by atoms with E-state index in [-0.39, 0.29) is 5.82 Å². The van der Waals surface area contributed by atoms with Crippen molar-refractivity contribution in [2.75, 3.05) is 30.4 Å². The Morgan fingerprint density at radius 1 is 1.21 bits per heavy atom. The van der Waals surface area contributed by atoms with Gasteiger partial charge in [-0.3, -0.25) is 0 Å². The summed E-state index contributed by atoms with van der Waals surface area (Å²) in [6.45, 7) is 3.92. The van der Waals surface area contributed by atoms with Crippen molar-refractivity contribution in [3.05, 3.63) is 41.5 Å². The molecular formula is C20H22FN3. The first-order valence-corrected chi connectivity index (χ1v) is 8.34. The fraction of sp³-hybridized carbons (Fsp3) is 0.350. The van der Waals surface area contributed by atoms with Crippen molar-refractivity contribution in [1.82, 2.24) is 4.98 Å². The molecule has 1 aliphatic heterocycles. The number of rotatable bonds is 3. The molecule has 0 spiro atoms. The minimum Gasteiger partial charge on any atom is -0.386 e. The van der Waals surface area contributed by atoms with Crippen LogP contribution in [0, 0.1) is 25.1 Å². The van der Waals surface area contributed by atoms with E-state index in [2.05, 4.69) is 27.2 Å². The Morgan fingerprint density at radius 2 is 1.96 bits per heavy atom. The van der Waals surface area contributed by atoms with E-state index in [4.69, 9.17) is 6.42 Å². The summed E-state index contributed by atoms with van der Waals surface area (Å²) in [4.78, 5) is 6.79. The van der Waals surface area contributed by atoms with E-state index in [1.54, 1.807) is 19.3 Å². The van der Waals surface area contributed by atoms with Gasteiger partial charge in [-0.2, -0.15) is 0 Å². The average Bonchev–Trinajstić information content (AvgIpc) is 2.62. The number of nitrogens with zero attached hydrogens (tertiary/aromatic N) is 2. The Labute approximate surface area is 142 Å². The van der Waals surface area contributed by atoms with Crippen LogP contribution in [0.4, 0.5) is 15.8 Å². The summed E-state index contributed by atoms with van der Waals surface area (Å²) in [7, 11) is 1.72. The normalized spacial score (nSPS) is 14.3. The van der Waals surface area contributed by atoms with Crippen molar-refractivity contribution < 1.29 is 4.39 Å². The number of nitrogens with one attached hydrogen (secondary N) is 1. The molecule has 124 valence electrons. The minimum absolute atomic E-state index is 0.247. The van der Waals surface area contributed by atoms with Gasteiger partial charge in [-0.1, -0.05) is 0 Å². The maximum atomic E-state index is 13.9. The number of hydrogen-bond donors (Lipinski definition) is 1. The smallest absolute Gasteiger partial charge is 0.146 e. The van der Waals surface area contributed by atoms with Crippen molar-refractivity contribution in [2.24, 2.45) is 0 Å². The van der Waals surface area contributed by atoms with Crippen LogP contribution in [0.2, 0.25) is 0 Å². The Bertz CT molecular complexity index is 786. The van der Waals surface area contributed by atoms with Crippen LogP contribution in [0.5, 0.6) is 0 Å². The van der Waals surface area contributed by atoms with Gasteiger partial charge >= 0.3 is 0 Å². The van der Waals surface area contributed by atoms with Crippen molar-refractivity contribution in [1.29, 1.82) is 0 Å². The Hall–Kier alpha value is -2.54. The molecule has 0 amide bonds. The molecule has 3 rings (SSSR count). The van der Waals surface area contributed by atoms with Gasteiger partial charge in [-0.25, -0.2) is 9.37 Å². The number of terminal acetylenes is 1. The highest BCUT2D eigenvalue weighted by Gasteiger charge is 2.17. The number of benzene rings is 1. The largest absolute Gasteiger partial charge is 0.386 e. The van der Waals surface area contributed by atoms with Crippen molar-refractivity contribution in [3.63, 3.8) is 0 Å². The summed E-state index contributed by atoms with van der Waals surface area (Å²) in [5.41, 5.74) is 4.97. The number of anilines is 2. The van der Waals surface area contributed by atoms with E-state index in [1.165, 1.54) is 19.3 Å². The second-order valence-corrected chi connectivity index (χ2v) is 6.18. The third-order valence-electron chi connectivity index (χ3n) is 4.60. The standard InChI is InChI=1S/C20H22FN3/c1-4-18-20(24-8-6-5-7-9-24)11-15(13-23-18)16-12-19(22-3)17(21)10-14(16)2/h1,10-13,22H,5-9H2,2-3H3. The molecule has 2 aromatic rings. The molecule has 1 saturated heterocycles. The lowest BCUT2D eigenvalue weighted by Gasteiger charge is -2.29. The van der Waals surface area contributed by atoms with E-state index in [1.807, 2.05) is 13.0 Å². The molecule has 3 nitrogen and oxygen atoms in total. The van der Waals surface area contributed by atoms with Crippen molar-refractivity contribution >= 4 is 11.4 Å². The second kappa shape index (κ2) is 6.92. The van der Waals surface area contributed by atoms with Crippen LogP contribution in [0.3, 0.4) is 0 Å². The SMILES string of the molecule is C#Cc1ncc(-c2cc(NC)c(F)cc2C)cc1N1CCCCC1. The highest BCUT2D eigenvalue weighted by molar-refractivity contribution is 5.75. The van der Waals surface area contributed by atoms with E-state index in [0.29, 0.717) is 11.4 Å². The van der Waals surface area contributed by atoms with Crippen LogP contribution in [0.1, 0.15) is 30.5 Å². The molecule has 1 fully saturated rings. The molecule has 4 heteroatoms. The van der Waals surface area contributed by atoms with E-state index in [9.17, 15) is 4.39 Å². The number of aromatic nitrogens is 1. The van der Waals surface area contributed by atoms with Gasteiger partial charge in [0.15, 0.2) is 0 Å². The molecule has 0 unspecified atom stereocenters. The third kappa shape index (κ3) is 3.07. The zero-order chi connectivity index (χ0) is 17.1. The molecule has 1 aromatic carbocycles. The topological polar surface area (TPSA) is 28.2 Å². The van der Waals surface area contributed by atoms with Gasteiger partial charge in [0.2, 0.25) is 0 Å². The zero-order valence-electron chi connectivity index (χ0n) is 14.2. The molecular weight excluding hydrogens is 301 g/mol. The lowest BCUT2D eigenvalue weighted by molar-refractivity contribution is 0.577. The number of halogens is 1. The molecule has 1 aromatic heterocycles. The van der Waals surface area contributed by atoms with Crippen LogP contribution in [0.15, 0.2) is 24.4 Å². The summed E-state index contributed by atoms with van der Waals surface area (Å²) in [6.07, 6.45) is 11.0. The number of pyridine rings is 1. The first-order chi connectivity index (χ1) is 11.6. The molecule has 0 radical (unpaired) electrons. The monoisotopic (exact) mass is 323 g/mol. The van der Waals surface area contributed by atoms with Crippen molar-refractivity contribution in [2.45, 2.75) is 26.2 Å². The fourth-order valence-corrected chi connectivity index (χ4v) is 3.26. The number of aryl methyl sites for hydroxylation is 1. The molecule has 0 saturated carbocycles. The number of hydrogen-bond acceptors (Lipinski definition) is 3. The summed E-state index contributed by atoms with van der Waals surface area (Å²) in [5.74, 6) is 2.45. The highest BCUT2D eigenvalue weighted by atomic mass is 19.1. The van der Waals surface area contributed by atoms with E-state index in [0.717, 1.165) is 35.5 Å². The average molecular weight is 323 g/mol. The Balaban J connectivity index is 2.08. The van der Waals surface area contributed by atoms with Crippen molar-refractivity contribution in [3.8, 4) is 23.5 Å². The van der Waals surface area contributed by atoms with Crippen LogP contribution in [-0.2, 0) is 0 Å². The summed E-state index contributed by atoms with van der Waals surface area (Å²) in [6, 6.07) is 5.47. The van der Waals surface area contributed by atoms with Crippen LogP contribution in [-0.4, -0.2) is 25.1 Å². The minimum atomic E-state index is -0.247. The summed E-state index contributed by atoms with van der Waals surface area (Å²) in [5, 5.41) is 2.89. The maximum absolute atomic E-state index is 13.9. The predicted octanol–water partition coefficient (Wildman–Crippen LogP) is 4.21. The fourth-order valence-electron chi connectivity index (χ4n) is 3.26. The van der Waals surface area contributed by atoms with Gasteiger partial charge in [0, 0.05) is 31.9 Å². The molecule has 1 aliphatic rings. The molecule has 2 heterocycles. The Kier molecular flexibility index (Phi) is 4.71. The third-order valence-corrected chi connectivity index (χ3v) is 4.60. The quantitative estimate of drug-likeness (QED) is 0.858. The predicted molar refractivity (Wildman–Crippen MR) is 97.9 cm³/mol. The first kappa shape index (κ1) is 16.3. The molecule has 0 aliphatic carbocycles. The molecule has 0 bridgehead atoms. The van der Waals surface area contributed by atoms with Gasteiger partial charge in [0.05, 0.1) is 11.4 Å². The van der Waals surface area contributed by atoms with Gasteiger partial charge in [-0.05, 0) is 61.4 Å². The Morgan fingerprint density at radius 3 is 2.62 bits per heavy atom. The summed E-state index contributed by atoms with van der Waals surface area (Å²) >= 11 is 0. The first-order valence-electron chi connectivity index (χ1n) is 8.34. The maximum Gasteiger partial charge on any atom is 0.146 e. The van der Waals surface area contributed by atoms with Gasteiger partial charge in [-0.15, -0.1) is 6.42 Å². The van der Waals surface area contributed by atoms with Crippen LogP contribution in [0.25, 0.3) is 11.1 Å². The van der Waals surface area contributed by atoms with Crippen LogP contribution < -0.4 is 10.2 Å². The highest BCUT2D eigenvalue weighted by Crippen LogP contribution is 2.32. The molecule has 1 N–H and O–H groups in total. The van der Waals surface area contributed by atoms with Gasteiger partial charge in [0.1, 0.15) is 11.5 Å². The molecule has 0 atom stereocenters. The second-order valence-electron chi connectivity index (χ2n) is 6.18. The zero-order valence-corrected chi connectivity index (χ0v) is 14.2. The van der Waals surface area contributed by atoms with Gasteiger partial charge < -0.3 is 10.2 Å². The van der Waals surface area contributed by atoms with Gasteiger partial charge in [0.25, 0.3) is 0 Å². The van der Waals surface area contributed by atoms with Crippen LogP contribution >= 0.6 is 0 Å². The van der Waals surface area contributed by atoms with E-state index >= 15 is 0 Å². The summed E-state index contributed by atoms with van der Waals surface area (Å²) < 4.78 is 13.9. The van der Waals surface area contributed by atoms with E-state index < -0.39 is 0 Å². The lowest BCUT2D eigenvalue weighted by Crippen LogP contribution is -2.30.